The highest BCUT2D eigenvalue weighted by atomic mass is 15.2. The third-order valence-electron chi connectivity index (χ3n) is 3.93. The molecule has 92 valence electrons. The first kappa shape index (κ1) is 11.3. The minimum absolute atomic E-state index is 0.644. The Morgan fingerprint density at radius 2 is 1.78 bits per heavy atom. The monoisotopic (exact) mass is 237 g/mol. The lowest BCUT2D eigenvalue weighted by Crippen LogP contribution is -2.21. The predicted octanol–water partition coefficient (Wildman–Crippen LogP) is 4.12. The molecule has 18 heavy (non-hydrogen) atoms. The summed E-state index contributed by atoms with van der Waals surface area (Å²) in [7, 11) is 0. The molecule has 0 aliphatic carbocycles. The van der Waals surface area contributed by atoms with Crippen molar-refractivity contribution in [1.82, 2.24) is 0 Å². The molecule has 1 atom stereocenters. The fourth-order valence-electron chi connectivity index (χ4n) is 2.86. The van der Waals surface area contributed by atoms with Gasteiger partial charge in [-0.05, 0) is 29.7 Å². The van der Waals surface area contributed by atoms with Crippen LogP contribution in [0, 0.1) is 6.92 Å². The molecule has 1 nitrogen and oxygen atoms in total. The number of para-hydroxylation sites is 1. The van der Waals surface area contributed by atoms with Gasteiger partial charge < -0.3 is 4.90 Å². The van der Waals surface area contributed by atoms with Crippen LogP contribution in [0.25, 0.3) is 0 Å². The normalized spacial score (nSPS) is 17.9. The van der Waals surface area contributed by atoms with Crippen molar-refractivity contribution in [3.8, 4) is 0 Å². The number of aryl methyl sites for hydroxylation is 1. The van der Waals surface area contributed by atoms with Crippen molar-refractivity contribution in [1.29, 1.82) is 0 Å². The highest BCUT2D eigenvalue weighted by Gasteiger charge is 2.24. The number of hydrogen-bond acceptors (Lipinski definition) is 1. The number of nitrogens with zero attached hydrogens (tertiary/aromatic N) is 1. The smallest absolute Gasteiger partial charge is 0.0432 e. The minimum Gasteiger partial charge on any atom is -0.366 e. The van der Waals surface area contributed by atoms with Crippen molar-refractivity contribution < 1.29 is 0 Å². The molecule has 0 saturated carbocycles. The van der Waals surface area contributed by atoms with Gasteiger partial charge in [0.25, 0.3) is 0 Å². The van der Waals surface area contributed by atoms with Crippen LogP contribution in [0.3, 0.4) is 0 Å². The van der Waals surface area contributed by atoms with Gasteiger partial charge in [-0.2, -0.15) is 0 Å². The van der Waals surface area contributed by atoms with Crippen molar-refractivity contribution in [2.24, 2.45) is 0 Å². The lowest BCUT2D eigenvalue weighted by atomic mass is 10.0. The summed E-state index contributed by atoms with van der Waals surface area (Å²) in [6.07, 6.45) is 0. The van der Waals surface area contributed by atoms with E-state index in [1.807, 2.05) is 0 Å². The molecule has 1 aliphatic heterocycles. The lowest BCUT2D eigenvalue weighted by Gasteiger charge is -2.20. The third kappa shape index (κ3) is 1.90. The van der Waals surface area contributed by atoms with Crippen LogP contribution >= 0.6 is 0 Å². The molecule has 0 fully saturated rings. The molecule has 0 bridgehead atoms. The van der Waals surface area contributed by atoms with Gasteiger partial charge in [-0.1, -0.05) is 49.4 Å². The zero-order valence-electron chi connectivity index (χ0n) is 11.1. The summed E-state index contributed by atoms with van der Waals surface area (Å²) < 4.78 is 0. The highest BCUT2D eigenvalue weighted by Crippen LogP contribution is 2.36. The quantitative estimate of drug-likeness (QED) is 0.759. The van der Waals surface area contributed by atoms with Crippen molar-refractivity contribution in [3.63, 3.8) is 0 Å². The largest absolute Gasteiger partial charge is 0.366 e. The molecule has 0 saturated heterocycles. The van der Waals surface area contributed by atoms with Crippen LogP contribution in [0.2, 0.25) is 0 Å². The first-order chi connectivity index (χ1) is 8.75. The van der Waals surface area contributed by atoms with Crippen molar-refractivity contribution >= 4 is 5.69 Å². The summed E-state index contributed by atoms with van der Waals surface area (Å²) in [6.45, 7) is 6.67. The molecular formula is C17H19N. The van der Waals surface area contributed by atoms with E-state index in [1.54, 1.807) is 0 Å². The number of rotatable bonds is 2. The lowest BCUT2D eigenvalue weighted by molar-refractivity contribution is 0.744. The molecule has 2 aromatic rings. The first-order valence-electron chi connectivity index (χ1n) is 6.64. The second-order valence-electron chi connectivity index (χ2n) is 5.27. The number of benzene rings is 2. The van der Waals surface area contributed by atoms with Crippen LogP contribution in [0.4, 0.5) is 5.69 Å². The first-order valence-corrected chi connectivity index (χ1v) is 6.64. The highest BCUT2D eigenvalue weighted by molar-refractivity contribution is 5.60. The van der Waals surface area contributed by atoms with Gasteiger partial charge in [0.05, 0.1) is 0 Å². The van der Waals surface area contributed by atoms with Gasteiger partial charge in [-0.25, -0.2) is 0 Å². The minimum atomic E-state index is 0.644. The molecule has 3 rings (SSSR count). The molecular weight excluding hydrogens is 218 g/mol. The maximum atomic E-state index is 2.50. The second kappa shape index (κ2) is 4.49. The van der Waals surface area contributed by atoms with Crippen molar-refractivity contribution in [2.45, 2.75) is 26.3 Å². The van der Waals surface area contributed by atoms with Gasteiger partial charge in [-0.15, -0.1) is 0 Å². The number of fused-ring (bicyclic) bond motifs is 1. The van der Waals surface area contributed by atoms with Gasteiger partial charge in [0.2, 0.25) is 0 Å². The Labute approximate surface area is 109 Å². The summed E-state index contributed by atoms with van der Waals surface area (Å²) in [6, 6.07) is 17.5. The molecule has 0 aromatic heterocycles. The summed E-state index contributed by atoms with van der Waals surface area (Å²) in [5, 5.41) is 0. The molecule has 0 spiro atoms. The summed E-state index contributed by atoms with van der Waals surface area (Å²) in [5.41, 5.74) is 5.72. The van der Waals surface area contributed by atoms with E-state index in [0.717, 1.165) is 13.1 Å². The maximum Gasteiger partial charge on any atom is 0.0432 e. The average Bonchev–Trinajstić information content (AvgIpc) is 2.70. The van der Waals surface area contributed by atoms with Crippen LogP contribution in [0.15, 0.2) is 48.5 Å². The predicted molar refractivity (Wildman–Crippen MR) is 77.1 cm³/mol. The Bertz CT molecular complexity index is 559. The van der Waals surface area contributed by atoms with Gasteiger partial charge in [0.15, 0.2) is 0 Å². The van der Waals surface area contributed by atoms with E-state index in [-0.39, 0.29) is 0 Å². The van der Waals surface area contributed by atoms with Gasteiger partial charge >= 0.3 is 0 Å². The summed E-state index contributed by atoms with van der Waals surface area (Å²) in [5.74, 6) is 0.644. The Morgan fingerprint density at radius 1 is 1.06 bits per heavy atom. The fourth-order valence-corrected chi connectivity index (χ4v) is 2.86. The summed E-state index contributed by atoms with van der Waals surface area (Å²) >= 11 is 0. The molecule has 0 radical (unpaired) electrons. The zero-order valence-corrected chi connectivity index (χ0v) is 11.1. The molecule has 1 unspecified atom stereocenters. The molecule has 1 aliphatic rings. The summed E-state index contributed by atoms with van der Waals surface area (Å²) in [4.78, 5) is 2.50. The average molecular weight is 237 g/mol. The number of hydrogen-bond donors (Lipinski definition) is 0. The van der Waals surface area contributed by atoms with Crippen LogP contribution < -0.4 is 4.90 Å². The van der Waals surface area contributed by atoms with E-state index >= 15 is 0 Å². The second-order valence-corrected chi connectivity index (χ2v) is 5.27. The van der Waals surface area contributed by atoms with E-state index in [0.29, 0.717) is 5.92 Å². The topological polar surface area (TPSA) is 3.24 Å². The van der Waals surface area contributed by atoms with Gasteiger partial charge in [0.1, 0.15) is 0 Å². The van der Waals surface area contributed by atoms with E-state index in [4.69, 9.17) is 0 Å². The van der Waals surface area contributed by atoms with Crippen LogP contribution in [-0.2, 0) is 6.54 Å². The van der Waals surface area contributed by atoms with E-state index < -0.39 is 0 Å². The zero-order chi connectivity index (χ0) is 12.5. The Morgan fingerprint density at radius 3 is 2.61 bits per heavy atom. The van der Waals surface area contributed by atoms with Gasteiger partial charge in [0, 0.05) is 24.7 Å². The van der Waals surface area contributed by atoms with E-state index in [1.165, 1.54) is 22.4 Å². The van der Waals surface area contributed by atoms with E-state index in [2.05, 4.69) is 67.3 Å². The van der Waals surface area contributed by atoms with Crippen molar-refractivity contribution in [3.05, 3.63) is 65.2 Å². The Kier molecular flexibility index (Phi) is 2.83. The maximum absolute atomic E-state index is 2.50. The molecule has 2 aromatic carbocycles. The van der Waals surface area contributed by atoms with Crippen LogP contribution in [0.1, 0.15) is 29.5 Å². The van der Waals surface area contributed by atoms with E-state index in [9.17, 15) is 0 Å². The standard InChI is InChI=1S/C17H19N/c1-13-7-3-4-8-15(13)12-18-11-14(2)16-9-5-6-10-17(16)18/h3-10,14H,11-12H2,1-2H3. The van der Waals surface area contributed by atoms with Crippen molar-refractivity contribution in [2.75, 3.05) is 11.4 Å². The molecule has 0 N–H and O–H groups in total. The SMILES string of the molecule is Cc1ccccc1CN1CC(C)c2ccccc21. The third-order valence-corrected chi connectivity index (χ3v) is 3.93. The molecule has 1 heteroatoms. The van der Waals surface area contributed by atoms with Gasteiger partial charge in [-0.3, -0.25) is 0 Å². The van der Waals surface area contributed by atoms with Crippen LogP contribution in [0.5, 0.6) is 0 Å². The number of anilines is 1. The Hall–Kier alpha value is -1.76. The van der Waals surface area contributed by atoms with Crippen LogP contribution in [-0.4, -0.2) is 6.54 Å². The molecule has 0 amide bonds. The fraction of sp³-hybridized carbons (Fsp3) is 0.294. The molecule has 1 heterocycles. The Balaban J connectivity index is 1.90.